The fourth-order valence-corrected chi connectivity index (χ4v) is 1.39. The number of aromatic nitrogens is 5. The van der Waals surface area contributed by atoms with Crippen molar-refractivity contribution < 1.29 is 5.11 Å². The van der Waals surface area contributed by atoms with E-state index in [0.29, 0.717) is 23.0 Å². The maximum Gasteiger partial charge on any atom is 0.177 e. The van der Waals surface area contributed by atoms with E-state index in [-0.39, 0.29) is 0 Å². The third-order valence-corrected chi connectivity index (χ3v) is 2.28. The molecule has 0 aromatic carbocycles. The molecule has 0 aliphatic carbocycles. The first-order valence-electron chi connectivity index (χ1n) is 4.67. The second kappa shape index (κ2) is 4.54. The van der Waals surface area contributed by atoms with E-state index >= 15 is 0 Å². The van der Waals surface area contributed by atoms with E-state index in [1.807, 2.05) is 0 Å². The molecule has 0 bridgehead atoms. The van der Waals surface area contributed by atoms with Crippen molar-refractivity contribution in [3.63, 3.8) is 0 Å². The normalized spacial score (nSPS) is 12.7. The minimum Gasteiger partial charge on any atom is -0.388 e. The number of pyridine rings is 1. The molecule has 2 aromatic rings. The quantitative estimate of drug-likeness (QED) is 0.791. The molecule has 1 unspecified atom stereocenters. The Morgan fingerprint density at radius 3 is 2.88 bits per heavy atom. The monoisotopic (exact) mass is 239 g/mol. The van der Waals surface area contributed by atoms with Crippen LogP contribution in [0.1, 0.15) is 17.5 Å². The summed E-state index contributed by atoms with van der Waals surface area (Å²) in [4.78, 5) is 5.24. The molecular weight excluding hydrogens is 230 g/mol. The SMILES string of the molecule is Cn1nnc(CC(O)c2ccc(Cl)nc2)n1. The third kappa shape index (κ3) is 2.53. The van der Waals surface area contributed by atoms with Crippen molar-refractivity contribution in [1.29, 1.82) is 0 Å². The van der Waals surface area contributed by atoms with Gasteiger partial charge in [-0.15, -0.1) is 10.2 Å². The minimum atomic E-state index is -0.700. The first-order chi connectivity index (χ1) is 7.65. The Kier molecular flexibility index (Phi) is 3.12. The number of aliphatic hydroxyl groups excluding tert-OH is 1. The van der Waals surface area contributed by atoms with Crippen molar-refractivity contribution in [2.45, 2.75) is 12.5 Å². The lowest BCUT2D eigenvalue weighted by Gasteiger charge is -2.07. The van der Waals surface area contributed by atoms with Crippen LogP contribution >= 0.6 is 11.6 Å². The standard InChI is InChI=1S/C9H10ClN5O/c1-15-13-9(12-14-15)4-7(16)6-2-3-8(10)11-5-6/h2-3,5,7,16H,4H2,1H3. The van der Waals surface area contributed by atoms with Gasteiger partial charge in [-0.05, 0) is 16.8 Å². The molecule has 1 N–H and O–H groups in total. The van der Waals surface area contributed by atoms with Crippen LogP contribution in [-0.2, 0) is 13.5 Å². The fraction of sp³-hybridized carbons (Fsp3) is 0.333. The Hall–Kier alpha value is -1.53. The van der Waals surface area contributed by atoms with Gasteiger partial charge in [0.05, 0.1) is 13.2 Å². The summed E-state index contributed by atoms with van der Waals surface area (Å²) in [5.41, 5.74) is 0.678. The topological polar surface area (TPSA) is 76.7 Å². The molecule has 16 heavy (non-hydrogen) atoms. The number of aliphatic hydroxyl groups is 1. The molecule has 0 fully saturated rings. The number of rotatable bonds is 3. The summed E-state index contributed by atoms with van der Waals surface area (Å²) >= 11 is 5.65. The largest absolute Gasteiger partial charge is 0.388 e. The lowest BCUT2D eigenvalue weighted by atomic mass is 10.1. The molecular formula is C9H10ClN5O. The lowest BCUT2D eigenvalue weighted by molar-refractivity contribution is 0.175. The Morgan fingerprint density at radius 1 is 1.50 bits per heavy atom. The zero-order valence-corrected chi connectivity index (χ0v) is 9.33. The van der Waals surface area contributed by atoms with Crippen LogP contribution in [0.3, 0.4) is 0 Å². The number of halogens is 1. The predicted octanol–water partition coefficient (Wildman–Crippen LogP) is 0.535. The molecule has 1 atom stereocenters. The van der Waals surface area contributed by atoms with Crippen molar-refractivity contribution >= 4 is 11.6 Å². The van der Waals surface area contributed by atoms with E-state index in [1.165, 1.54) is 11.0 Å². The van der Waals surface area contributed by atoms with Crippen LogP contribution in [-0.4, -0.2) is 30.3 Å². The van der Waals surface area contributed by atoms with Crippen LogP contribution in [0.2, 0.25) is 5.15 Å². The molecule has 2 heterocycles. The summed E-state index contributed by atoms with van der Waals surface area (Å²) < 4.78 is 0. The summed E-state index contributed by atoms with van der Waals surface area (Å²) in [6.07, 6.45) is 1.13. The highest BCUT2D eigenvalue weighted by Crippen LogP contribution is 2.16. The van der Waals surface area contributed by atoms with Crippen LogP contribution in [0.4, 0.5) is 0 Å². The van der Waals surface area contributed by atoms with Gasteiger partial charge in [0.2, 0.25) is 0 Å². The third-order valence-electron chi connectivity index (χ3n) is 2.06. The van der Waals surface area contributed by atoms with Crippen LogP contribution < -0.4 is 0 Å². The van der Waals surface area contributed by atoms with Crippen molar-refractivity contribution in [2.24, 2.45) is 7.05 Å². The summed E-state index contributed by atoms with van der Waals surface area (Å²) in [6, 6.07) is 3.35. The number of aryl methyl sites for hydroxylation is 1. The van der Waals surface area contributed by atoms with E-state index in [9.17, 15) is 5.11 Å². The molecule has 0 radical (unpaired) electrons. The number of nitrogens with zero attached hydrogens (tertiary/aromatic N) is 5. The Balaban J connectivity index is 2.08. The van der Waals surface area contributed by atoms with E-state index in [1.54, 1.807) is 19.2 Å². The molecule has 2 aromatic heterocycles. The summed E-state index contributed by atoms with van der Waals surface area (Å²) in [6.45, 7) is 0. The average molecular weight is 240 g/mol. The smallest absolute Gasteiger partial charge is 0.177 e. The molecule has 0 aliphatic heterocycles. The molecule has 84 valence electrons. The van der Waals surface area contributed by atoms with E-state index in [4.69, 9.17) is 11.6 Å². The average Bonchev–Trinajstić information content (AvgIpc) is 2.65. The molecule has 0 aliphatic rings. The van der Waals surface area contributed by atoms with Crippen molar-refractivity contribution in [3.05, 3.63) is 34.9 Å². The van der Waals surface area contributed by atoms with Gasteiger partial charge >= 0.3 is 0 Å². The van der Waals surface area contributed by atoms with Gasteiger partial charge in [0.25, 0.3) is 0 Å². The first kappa shape index (κ1) is 11.0. The molecule has 7 heteroatoms. The van der Waals surface area contributed by atoms with Crippen molar-refractivity contribution in [1.82, 2.24) is 25.2 Å². The maximum absolute atomic E-state index is 9.87. The van der Waals surface area contributed by atoms with Gasteiger partial charge in [-0.2, -0.15) is 4.80 Å². The molecule has 6 nitrogen and oxygen atoms in total. The lowest BCUT2D eigenvalue weighted by Crippen LogP contribution is -2.04. The fourth-order valence-electron chi connectivity index (χ4n) is 1.28. The van der Waals surface area contributed by atoms with E-state index in [0.717, 1.165) is 0 Å². The number of tetrazole rings is 1. The van der Waals surface area contributed by atoms with Gasteiger partial charge in [-0.1, -0.05) is 17.7 Å². The zero-order chi connectivity index (χ0) is 11.5. The molecule has 2 rings (SSSR count). The Bertz CT molecular complexity index is 469. The van der Waals surface area contributed by atoms with Gasteiger partial charge in [0, 0.05) is 12.6 Å². The highest BCUT2D eigenvalue weighted by molar-refractivity contribution is 6.29. The van der Waals surface area contributed by atoms with Crippen LogP contribution in [0.5, 0.6) is 0 Å². The number of hydrogen-bond acceptors (Lipinski definition) is 5. The minimum absolute atomic E-state index is 0.303. The predicted molar refractivity (Wildman–Crippen MR) is 56.7 cm³/mol. The zero-order valence-electron chi connectivity index (χ0n) is 8.58. The van der Waals surface area contributed by atoms with E-state index in [2.05, 4.69) is 20.4 Å². The van der Waals surface area contributed by atoms with Crippen molar-refractivity contribution in [2.75, 3.05) is 0 Å². The van der Waals surface area contributed by atoms with Crippen LogP contribution in [0, 0.1) is 0 Å². The number of hydrogen-bond donors (Lipinski definition) is 1. The van der Waals surface area contributed by atoms with Gasteiger partial charge in [0.1, 0.15) is 5.15 Å². The summed E-state index contributed by atoms with van der Waals surface area (Å²) in [5.74, 6) is 0.491. The summed E-state index contributed by atoms with van der Waals surface area (Å²) in [5, 5.41) is 21.7. The molecule has 0 saturated carbocycles. The second-order valence-electron chi connectivity index (χ2n) is 3.33. The Labute approximate surface area is 96.9 Å². The highest BCUT2D eigenvalue weighted by atomic mass is 35.5. The maximum atomic E-state index is 9.87. The second-order valence-corrected chi connectivity index (χ2v) is 3.72. The first-order valence-corrected chi connectivity index (χ1v) is 5.05. The van der Waals surface area contributed by atoms with Gasteiger partial charge < -0.3 is 5.11 Å². The molecule has 0 spiro atoms. The Morgan fingerprint density at radius 2 is 2.31 bits per heavy atom. The van der Waals surface area contributed by atoms with E-state index < -0.39 is 6.10 Å². The van der Waals surface area contributed by atoms with Crippen LogP contribution in [0.15, 0.2) is 18.3 Å². The highest BCUT2D eigenvalue weighted by Gasteiger charge is 2.12. The summed E-state index contributed by atoms with van der Waals surface area (Å²) in [7, 11) is 1.67. The van der Waals surface area contributed by atoms with Gasteiger partial charge in [0.15, 0.2) is 5.82 Å². The van der Waals surface area contributed by atoms with Crippen LogP contribution in [0.25, 0.3) is 0 Å². The van der Waals surface area contributed by atoms with Gasteiger partial charge in [-0.25, -0.2) is 4.98 Å². The molecule has 0 amide bonds. The molecule has 0 saturated heterocycles. The van der Waals surface area contributed by atoms with Gasteiger partial charge in [-0.3, -0.25) is 0 Å². The van der Waals surface area contributed by atoms with Crippen molar-refractivity contribution in [3.8, 4) is 0 Å².